The molecule has 0 radical (unpaired) electrons. The van der Waals surface area contributed by atoms with E-state index < -0.39 is 389 Å². The highest BCUT2D eigenvalue weighted by atomic mass is 16.2. The van der Waals surface area contributed by atoms with Crippen LogP contribution in [0.5, 0.6) is 0 Å². The fraction of sp³-hybridized carbons (Fsp3) is 0.500. The van der Waals surface area contributed by atoms with Crippen molar-refractivity contribution >= 4 is 137 Å². The molecule has 12 atom stereocenters. The zero-order chi connectivity index (χ0) is 171. The molecule has 6 aliphatic heterocycles. The summed E-state index contributed by atoms with van der Waals surface area (Å²) in [6, 6.07) is -13.3. The van der Waals surface area contributed by atoms with Crippen molar-refractivity contribution in [3.8, 4) is 0 Å². The fourth-order valence-corrected chi connectivity index (χ4v) is 11.9. The lowest BCUT2D eigenvalue weighted by Gasteiger charge is -2.41. The Labute approximate surface area is 918 Å². The number of nitrogens with one attached hydrogen (secondary N) is 6. The molecule has 6 N–H and O–H groups in total. The van der Waals surface area contributed by atoms with Crippen molar-refractivity contribution in [3.05, 3.63) is 180 Å². The Kier molecular flexibility index (Phi) is 12.8. The molecule has 138 heavy (non-hydrogen) atoms. The van der Waals surface area contributed by atoms with Gasteiger partial charge in [0.05, 0.1) is 90.4 Å². The van der Waals surface area contributed by atoms with Crippen LogP contribution in [-0.2, 0) is 28.8 Å². The molecule has 6 aliphatic rings. The Bertz CT molecular complexity index is 10600. The number of rotatable bonds is 18. The summed E-state index contributed by atoms with van der Waals surface area (Å²) in [5.41, 5.74) is 0.118. The van der Waals surface area contributed by atoms with Gasteiger partial charge in [-0.2, -0.15) is 0 Å². The van der Waals surface area contributed by atoms with Crippen molar-refractivity contribution in [2.24, 2.45) is 35.4 Å². The maximum Gasteiger partial charge on any atom is 0.302 e. The molecule has 12 aromatic heterocycles. The van der Waals surface area contributed by atoms with Crippen LogP contribution in [0.3, 0.4) is 0 Å². The quantitative estimate of drug-likeness (QED) is 0.0435. The largest absolute Gasteiger partial charge is 0.354 e. The normalized spacial score (nSPS) is 42.3. The molecule has 0 saturated carbocycles. The monoisotopic (exact) mass is 1960 g/mol. The van der Waals surface area contributed by atoms with Gasteiger partial charge in [-0.15, -0.1) is 0 Å². The molecule has 0 spiro atoms. The number of aromatic nitrogens is 18. The highest BCUT2D eigenvalue weighted by Gasteiger charge is 2.41. The first-order valence-corrected chi connectivity index (χ1v) is 37.9. The number of amides is 6. The second kappa shape index (κ2) is 46.5. The van der Waals surface area contributed by atoms with Crippen LogP contribution in [0.4, 0.5) is 34.9 Å². The average molecular weight is 1960 g/mol. The number of piperidine rings is 6. The molecule has 12 aromatic rings. The van der Waals surface area contributed by atoms with Crippen LogP contribution in [0.1, 0.15) is 193 Å². The Balaban J connectivity index is 0.000000211. The lowest BCUT2D eigenvalue weighted by Crippen LogP contribution is -2.53. The summed E-state index contributed by atoms with van der Waals surface area (Å²) >= 11 is 0. The van der Waals surface area contributed by atoms with Gasteiger partial charge in [0.1, 0.15) is 123 Å². The minimum atomic E-state index is -4.37. The predicted octanol–water partition coefficient (Wildman–Crippen LogP) is 9.30. The van der Waals surface area contributed by atoms with Crippen molar-refractivity contribution in [2.75, 3.05) is 188 Å². The van der Waals surface area contributed by atoms with E-state index in [1.165, 1.54) is 67.5 Å². The first-order valence-electron chi connectivity index (χ1n) is 79.4. The number of nitrogens with zero attached hydrogens (tertiary/aromatic N) is 30. The standard InChI is InChI=1S/6C16H20N6O/c6*1-11-5-7-22(14(23)8-17-2)9-13(11)21(3)16-12-4-6-18-15(12)19-10-20-16/h6*4,6,10-11,13H,5,7-9H2,1,3H3,(H,18,19,20)/t6*11-,13+/m111111/s1/i1D3,3D3,5D2,7D2,8D2,9D2,11D,13D;3D3,5D2,7D2,8D2,9D2,11D,13D;1D3,3D3,5D2,7D2,8D2,9D2,13D;1D3,3D3,5D2,7D2,8D2,9D2,11D;3D3,5D2,7D2,8D2,9D2,13D;3D3,5D2,7D2,8D2,9D2,11D. The molecule has 42 nitrogen and oxygen atoms in total. The smallest absolute Gasteiger partial charge is 0.302 e. The van der Waals surface area contributed by atoms with Gasteiger partial charge in [-0.1, -0.05) is 41.3 Å². The van der Waals surface area contributed by atoms with Crippen molar-refractivity contribution < 1.29 is 143 Å². The summed E-state index contributed by atoms with van der Waals surface area (Å²) in [5.74, 6) is -37.1. The number of aromatic amines is 6. The van der Waals surface area contributed by atoms with Gasteiger partial charge in [0.15, 0.2) is 0 Å². The Morgan fingerprint density at radius 3 is 0.841 bits per heavy atom. The molecular formula is C96H120N36O6. The zero-order valence-electron chi connectivity index (χ0n) is 153. The summed E-state index contributed by atoms with van der Waals surface area (Å²) < 4.78 is 686. The minimum Gasteiger partial charge on any atom is -0.354 e. The summed E-state index contributed by atoms with van der Waals surface area (Å²) in [5, 5.41) is -0.557. The van der Waals surface area contributed by atoms with Crippen LogP contribution in [0.2, 0.25) is 0 Å². The SMILES string of the molecule is [2H]C([2H])([N+]#[C-])C(=O)N1C([2H])([2H])C([2H])([2H])[C@@H](C([2H])([2H])[2H])[C@@]([2H])(N(c2ncnc3[nH]ccc23)C([2H])([2H])[2H])C1([2H])[2H].[2H]C([2H])([N+]#[C-])C(=O)N1C([2H])([2H])C([2H])([2H])[C@@H](C)[C@@]([2H])(N(c2ncnc3[nH]ccc23)C([2H])([2H])[2H])C1([2H])[2H].[2H]C([2H])([N+]#[C-])C(=O)N1C([2H])([2H])C([2H])([2H])[C@@]([2H])(C([2H])([2H])[2H])[C@@]([2H])(N(c2ncnc3[nH]ccc23)C([2H])([2H])[2H])C1([2H])[2H].[2H]C([2H])([N+]#[C-])C(=O)N1C([2H])([2H])C([2H])([2H])[C@@]([2H])(C)[C@@]([2H])(N(c2ncnc3[nH]ccc23)C([2H])([2H])[2H])C1([2H])[2H].[2H]C([2H])([N+]#[C-])C(=O)N1C([2H])([2H])[C@H](N(c2ncnc3[nH]ccc23)C([2H])([2H])[2H])[C@]([2H])(C([2H])([2H])[2H])C([2H])([2H])C1([2H])[2H].[2H]C([2H])([N+]#[C-])C(=O)N1C([2H])([2H])[C@H](N(c2ncnc3[nH]ccc23)C([2H])([2H])[2H])[C@]([2H])(C)C([2H])([2H])C1([2H])[2H]. The molecule has 720 valence electrons. The number of likely N-dealkylation sites (N-methyl/N-ethyl adjacent to an activating group) is 6. The Morgan fingerprint density at radius 2 is 0.551 bits per heavy atom. The van der Waals surface area contributed by atoms with E-state index in [0.29, 0.717) is 11.8 Å². The van der Waals surface area contributed by atoms with Crippen LogP contribution < -0.4 is 29.4 Å². The highest BCUT2D eigenvalue weighted by molar-refractivity contribution is 5.93. The number of anilines is 6. The van der Waals surface area contributed by atoms with E-state index in [-0.39, 0.29) is 90.7 Å². The molecular weight excluding hydrogens is 1750 g/mol. The number of likely N-dealkylation sites (tertiary alicyclic amines) is 6. The van der Waals surface area contributed by atoms with Crippen LogP contribution in [-0.4, -0.2) is 350 Å². The van der Waals surface area contributed by atoms with Gasteiger partial charge in [-0.25, -0.2) is 99.2 Å². The van der Waals surface area contributed by atoms with E-state index in [1.54, 1.807) is 0 Å². The lowest BCUT2D eigenvalue weighted by atomic mass is 9.92. The molecule has 18 heterocycles. The van der Waals surface area contributed by atoms with E-state index in [0.717, 1.165) is 57.9 Å². The lowest BCUT2D eigenvalue weighted by molar-refractivity contribution is -0.131. The van der Waals surface area contributed by atoms with Gasteiger partial charge < -0.3 is 118 Å². The number of fused-ring (bicyclic) bond motifs is 6. The van der Waals surface area contributed by atoms with E-state index in [4.69, 9.17) is 150 Å². The van der Waals surface area contributed by atoms with Crippen molar-refractivity contribution in [3.63, 3.8) is 0 Å². The van der Waals surface area contributed by atoms with E-state index >= 15 is 0 Å². The summed E-state index contributed by atoms with van der Waals surface area (Å²) in [7, 11) is 0. The number of carbonyl (C=O) groups excluding carboxylic acids is 6. The average Bonchev–Trinajstić information content (AvgIpc) is 1.45. The van der Waals surface area contributed by atoms with Crippen molar-refractivity contribution in [1.82, 2.24) is 119 Å². The topological polar surface area (TPSA) is 417 Å². The molecule has 0 aromatic carbocycles. The van der Waals surface area contributed by atoms with Gasteiger partial charge in [-0.3, -0.25) is 28.8 Å². The first kappa shape index (κ1) is 38.1. The van der Waals surface area contributed by atoms with Crippen LogP contribution in [0.15, 0.2) is 112 Å². The van der Waals surface area contributed by atoms with E-state index in [2.05, 4.69) is 119 Å². The third kappa shape index (κ3) is 23.1. The van der Waals surface area contributed by atoms with E-state index in [1.807, 2.05) is 0 Å². The molecule has 0 bridgehead atoms. The predicted molar refractivity (Wildman–Crippen MR) is 527 cm³/mol. The van der Waals surface area contributed by atoms with Crippen molar-refractivity contribution in [2.45, 2.75) is 116 Å². The van der Waals surface area contributed by atoms with Crippen LogP contribution in [0, 0.1) is 74.8 Å². The Morgan fingerprint density at radius 1 is 0.319 bits per heavy atom. The minimum absolute atomic E-state index is 0.00832. The first-order chi connectivity index (χ1) is 98.6. The van der Waals surface area contributed by atoms with Gasteiger partial charge in [0.25, 0.3) is 39.0 Å². The van der Waals surface area contributed by atoms with E-state index in [9.17, 15) is 31.5 Å². The molecule has 6 fully saturated rings. The van der Waals surface area contributed by atoms with Crippen molar-refractivity contribution in [1.29, 1.82) is 0 Å². The van der Waals surface area contributed by atoms with Gasteiger partial charge in [0.2, 0.25) is 0 Å². The van der Waals surface area contributed by atoms with Crippen LogP contribution >= 0.6 is 0 Å². The molecule has 0 aliphatic carbocycles. The number of H-pyrrole nitrogens is 6. The fourth-order valence-electron chi connectivity index (χ4n) is 11.9. The maximum absolute atomic E-state index is 13.1. The molecule has 42 heteroatoms. The number of hydrogen-bond acceptors (Lipinski definition) is 24. The molecule has 6 saturated heterocycles. The van der Waals surface area contributed by atoms with Gasteiger partial charge in [0, 0.05) is 232 Å². The third-order valence-corrected chi connectivity index (χ3v) is 18.3. The molecule has 6 amide bonds. The second-order valence-corrected chi connectivity index (χ2v) is 26.6. The molecule has 18 rings (SSSR count). The zero-order valence-corrected chi connectivity index (χ0v) is 70.1. The number of hydrogen-bond donors (Lipinski definition) is 6. The van der Waals surface area contributed by atoms with Gasteiger partial charge >= 0.3 is 35.4 Å². The highest BCUT2D eigenvalue weighted by Crippen LogP contribution is 2.37. The summed E-state index contributed by atoms with van der Waals surface area (Å²) in [6.07, 6.45) is -9.87. The maximum atomic E-state index is 13.1. The summed E-state index contributed by atoms with van der Waals surface area (Å²) in [6.45, 7) is -58.0. The van der Waals surface area contributed by atoms with Gasteiger partial charge in [-0.05, 0) is 110 Å². The second-order valence-electron chi connectivity index (χ2n) is 26.6. The molecule has 0 unspecified atom stereocenters. The summed E-state index contributed by atoms with van der Waals surface area (Å²) in [4.78, 5) is 151. The third-order valence-electron chi connectivity index (χ3n) is 18.3. The number of carbonyl (C=O) groups is 6. The Hall–Kier alpha value is -15.7. The van der Waals surface area contributed by atoms with Crippen LogP contribution in [0.25, 0.3) is 95.3 Å².